The molecular formula is C24H26ClF3N2O4S. The maximum absolute atomic E-state index is 13.4. The Labute approximate surface area is 207 Å². The Balaban J connectivity index is 1.48. The van der Waals surface area contributed by atoms with Gasteiger partial charge in [0.05, 0.1) is 10.3 Å². The molecule has 2 atom stereocenters. The largest absolute Gasteiger partial charge is 0.421 e. The van der Waals surface area contributed by atoms with Gasteiger partial charge in [-0.15, -0.1) is 0 Å². The summed E-state index contributed by atoms with van der Waals surface area (Å²) < 4.78 is 67.0. The van der Waals surface area contributed by atoms with Crippen LogP contribution in [-0.4, -0.2) is 60.5 Å². The summed E-state index contributed by atoms with van der Waals surface area (Å²) in [6, 6.07) is 10.7. The zero-order chi connectivity index (χ0) is 25.8. The molecule has 190 valence electrons. The van der Waals surface area contributed by atoms with Gasteiger partial charge in [-0.05, 0) is 62.1 Å². The Kier molecular flexibility index (Phi) is 6.49. The standard InChI is InChI=1S/C24H26ClF3N2O4S/c1-16-15-29(21(31)23(11-12-23)18-3-7-19(25)8-4-18)13-14-30(16)35(33,34)20-9-5-17(6-10-20)22(2,32)24(26,27)28/h3-10,16,32H,11-15H2,1-2H3. The van der Waals surface area contributed by atoms with Crippen molar-refractivity contribution in [2.24, 2.45) is 0 Å². The van der Waals surface area contributed by atoms with Crippen LogP contribution in [0.4, 0.5) is 13.2 Å². The van der Waals surface area contributed by atoms with Gasteiger partial charge in [0.15, 0.2) is 5.60 Å². The summed E-state index contributed by atoms with van der Waals surface area (Å²) in [4.78, 5) is 14.9. The molecule has 1 saturated heterocycles. The minimum Gasteiger partial charge on any atom is -0.376 e. The Morgan fingerprint density at radius 3 is 2.11 bits per heavy atom. The number of benzene rings is 2. The lowest BCUT2D eigenvalue weighted by Gasteiger charge is -2.40. The lowest BCUT2D eigenvalue weighted by molar-refractivity contribution is -0.258. The summed E-state index contributed by atoms with van der Waals surface area (Å²) in [5, 5.41) is 10.4. The first-order valence-electron chi connectivity index (χ1n) is 11.2. The van der Waals surface area contributed by atoms with Crippen molar-refractivity contribution in [2.45, 2.75) is 54.8 Å². The van der Waals surface area contributed by atoms with E-state index in [1.165, 1.54) is 4.31 Å². The van der Waals surface area contributed by atoms with E-state index in [9.17, 15) is 31.5 Å². The predicted octanol–water partition coefficient (Wildman–Crippen LogP) is 4.06. The fraction of sp³-hybridized carbons (Fsp3) is 0.458. The molecule has 2 aromatic carbocycles. The smallest absolute Gasteiger partial charge is 0.376 e. The number of hydrogen-bond donors (Lipinski definition) is 1. The summed E-state index contributed by atoms with van der Waals surface area (Å²) >= 11 is 5.97. The second-order valence-electron chi connectivity index (χ2n) is 9.40. The number of halogens is 4. The van der Waals surface area contributed by atoms with E-state index in [-0.39, 0.29) is 30.4 Å². The Morgan fingerprint density at radius 1 is 1.06 bits per heavy atom. The number of aliphatic hydroxyl groups is 1. The van der Waals surface area contributed by atoms with Crippen LogP contribution in [0.5, 0.6) is 0 Å². The van der Waals surface area contributed by atoms with Crippen molar-refractivity contribution < 1.29 is 31.5 Å². The van der Waals surface area contributed by atoms with Gasteiger partial charge in [-0.3, -0.25) is 4.79 Å². The van der Waals surface area contributed by atoms with Gasteiger partial charge < -0.3 is 10.0 Å². The number of alkyl halides is 3. The summed E-state index contributed by atoms with van der Waals surface area (Å²) in [5.74, 6) is -0.0394. The molecule has 1 N–H and O–H groups in total. The van der Waals surface area contributed by atoms with Crippen molar-refractivity contribution in [2.75, 3.05) is 19.6 Å². The van der Waals surface area contributed by atoms with Crippen molar-refractivity contribution >= 4 is 27.5 Å². The predicted molar refractivity (Wildman–Crippen MR) is 124 cm³/mol. The second-order valence-corrected chi connectivity index (χ2v) is 11.7. The van der Waals surface area contributed by atoms with Crippen LogP contribution >= 0.6 is 11.6 Å². The van der Waals surface area contributed by atoms with Crippen molar-refractivity contribution in [3.8, 4) is 0 Å². The van der Waals surface area contributed by atoms with E-state index in [2.05, 4.69) is 0 Å². The number of sulfonamides is 1. The fourth-order valence-corrected chi connectivity index (χ4v) is 6.29. The molecule has 35 heavy (non-hydrogen) atoms. The van der Waals surface area contributed by atoms with Crippen LogP contribution in [0.1, 0.15) is 37.8 Å². The molecule has 6 nitrogen and oxygen atoms in total. The zero-order valence-electron chi connectivity index (χ0n) is 19.2. The Morgan fingerprint density at radius 2 is 1.63 bits per heavy atom. The second kappa shape index (κ2) is 8.76. The maximum atomic E-state index is 13.4. The molecule has 0 aromatic heterocycles. The number of hydrogen-bond acceptors (Lipinski definition) is 4. The molecule has 4 rings (SSSR count). The number of piperazine rings is 1. The van der Waals surface area contributed by atoms with Crippen LogP contribution in [0, 0.1) is 0 Å². The van der Waals surface area contributed by atoms with Gasteiger partial charge >= 0.3 is 6.18 Å². The maximum Gasteiger partial charge on any atom is 0.421 e. The minimum atomic E-state index is -4.91. The molecule has 2 aromatic rings. The van der Waals surface area contributed by atoms with Gasteiger partial charge in [0.2, 0.25) is 15.9 Å². The van der Waals surface area contributed by atoms with Gasteiger partial charge in [-0.2, -0.15) is 17.5 Å². The third-order valence-corrected chi connectivity index (χ3v) is 9.26. The van der Waals surface area contributed by atoms with E-state index in [0.717, 1.165) is 29.8 Å². The molecule has 2 unspecified atom stereocenters. The average Bonchev–Trinajstić information content (AvgIpc) is 3.60. The minimum absolute atomic E-state index is 0.0394. The van der Waals surface area contributed by atoms with Gasteiger partial charge in [-0.1, -0.05) is 35.9 Å². The molecule has 0 radical (unpaired) electrons. The van der Waals surface area contributed by atoms with Crippen molar-refractivity contribution in [1.82, 2.24) is 9.21 Å². The summed E-state index contributed by atoms with van der Waals surface area (Å²) in [5.41, 5.74) is -3.26. The van der Waals surface area contributed by atoms with Crippen LogP contribution in [0.25, 0.3) is 0 Å². The number of carbonyl (C=O) groups excluding carboxylic acids is 1. The number of amides is 1. The van der Waals surface area contributed by atoms with Crippen LogP contribution in [-0.2, 0) is 25.8 Å². The van der Waals surface area contributed by atoms with E-state index >= 15 is 0 Å². The van der Waals surface area contributed by atoms with Gasteiger partial charge in [0.25, 0.3) is 0 Å². The van der Waals surface area contributed by atoms with Crippen LogP contribution in [0.15, 0.2) is 53.4 Å². The highest BCUT2D eigenvalue weighted by Crippen LogP contribution is 2.50. The summed E-state index contributed by atoms with van der Waals surface area (Å²) in [6.07, 6.45) is -3.47. The molecule has 2 aliphatic rings. The first-order chi connectivity index (χ1) is 16.2. The fourth-order valence-electron chi connectivity index (χ4n) is 4.56. The SMILES string of the molecule is CC1CN(C(=O)C2(c3ccc(Cl)cc3)CC2)CCN1S(=O)(=O)c1ccc(C(C)(O)C(F)(F)F)cc1. The van der Waals surface area contributed by atoms with Gasteiger partial charge in [0, 0.05) is 30.7 Å². The topological polar surface area (TPSA) is 77.9 Å². The van der Waals surface area contributed by atoms with E-state index in [4.69, 9.17) is 11.6 Å². The molecule has 0 bridgehead atoms. The number of nitrogens with zero attached hydrogens (tertiary/aromatic N) is 2. The zero-order valence-corrected chi connectivity index (χ0v) is 20.8. The van der Waals surface area contributed by atoms with Crippen LogP contribution in [0.3, 0.4) is 0 Å². The van der Waals surface area contributed by atoms with Crippen LogP contribution in [0.2, 0.25) is 5.02 Å². The van der Waals surface area contributed by atoms with E-state index < -0.39 is 38.8 Å². The van der Waals surface area contributed by atoms with Crippen molar-refractivity contribution in [3.05, 3.63) is 64.7 Å². The van der Waals surface area contributed by atoms with E-state index in [0.29, 0.717) is 24.8 Å². The summed E-state index contributed by atoms with van der Waals surface area (Å²) in [7, 11) is -4.02. The monoisotopic (exact) mass is 530 g/mol. The normalized spacial score (nSPS) is 22.5. The highest BCUT2D eigenvalue weighted by molar-refractivity contribution is 7.89. The molecular weight excluding hydrogens is 505 g/mol. The highest BCUT2D eigenvalue weighted by atomic mass is 35.5. The first-order valence-corrected chi connectivity index (χ1v) is 13.0. The Hall–Kier alpha value is -2.14. The lowest BCUT2D eigenvalue weighted by Crippen LogP contribution is -2.57. The molecule has 1 saturated carbocycles. The molecule has 1 aliphatic carbocycles. The number of rotatable bonds is 5. The van der Waals surface area contributed by atoms with Gasteiger partial charge in [0.1, 0.15) is 0 Å². The molecule has 0 spiro atoms. The third-order valence-electron chi connectivity index (χ3n) is 6.98. The molecule has 11 heteroatoms. The molecule has 1 amide bonds. The molecule has 1 heterocycles. The average molecular weight is 531 g/mol. The first kappa shape index (κ1) is 25.9. The quantitative estimate of drug-likeness (QED) is 0.632. The van der Waals surface area contributed by atoms with Crippen molar-refractivity contribution in [1.29, 1.82) is 0 Å². The third kappa shape index (κ3) is 4.57. The van der Waals surface area contributed by atoms with Crippen LogP contribution < -0.4 is 0 Å². The number of carbonyl (C=O) groups is 1. The van der Waals surface area contributed by atoms with Gasteiger partial charge in [-0.25, -0.2) is 8.42 Å². The molecule has 2 fully saturated rings. The Bertz CT molecular complexity index is 1210. The lowest BCUT2D eigenvalue weighted by atomic mass is 9.94. The summed E-state index contributed by atoms with van der Waals surface area (Å²) in [6.45, 7) is 2.79. The molecule has 1 aliphatic heterocycles. The van der Waals surface area contributed by atoms with E-state index in [1.807, 2.05) is 12.1 Å². The van der Waals surface area contributed by atoms with Crippen molar-refractivity contribution in [3.63, 3.8) is 0 Å². The van der Waals surface area contributed by atoms with E-state index in [1.54, 1.807) is 24.0 Å². The highest BCUT2D eigenvalue weighted by Gasteiger charge is 2.54.